The summed E-state index contributed by atoms with van der Waals surface area (Å²) in [5.74, 6) is -1.88. The van der Waals surface area contributed by atoms with Crippen molar-refractivity contribution in [3.8, 4) is 0 Å². The van der Waals surface area contributed by atoms with Crippen molar-refractivity contribution in [2.45, 2.75) is 6.04 Å². The molecule has 1 aromatic rings. The van der Waals surface area contributed by atoms with Crippen molar-refractivity contribution < 1.29 is 19.5 Å². The number of amides is 2. The Balaban J connectivity index is 2.41. The molecule has 0 bridgehead atoms. The van der Waals surface area contributed by atoms with Crippen molar-refractivity contribution in [2.75, 3.05) is 16.8 Å². The average Bonchev–Trinajstić information content (AvgIpc) is 2.76. The number of carboxylic acids is 1. The Hall–Kier alpha value is -1.58. The minimum atomic E-state index is -1.11. The van der Waals surface area contributed by atoms with Gasteiger partial charge in [0, 0.05) is 5.75 Å². The van der Waals surface area contributed by atoms with Crippen molar-refractivity contribution in [3.05, 3.63) is 17.0 Å². The quantitative estimate of drug-likeness (QED) is 0.557. The summed E-state index contributed by atoms with van der Waals surface area (Å²) in [6.45, 7) is 0. The van der Waals surface area contributed by atoms with E-state index in [1.807, 2.05) is 0 Å². The van der Waals surface area contributed by atoms with Crippen molar-refractivity contribution in [3.63, 3.8) is 0 Å². The second-order valence-corrected chi connectivity index (χ2v) is 5.48. The van der Waals surface area contributed by atoms with E-state index in [2.05, 4.69) is 5.32 Å². The number of aliphatic carboxylic acids is 1. The molecule has 1 unspecified atom stereocenters. The molecule has 0 fully saturated rings. The molecule has 0 saturated heterocycles. The van der Waals surface area contributed by atoms with E-state index in [1.165, 1.54) is 17.4 Å². The highest BCUT2D eigenvalue weighted by Gasteiger charge is 2.14. The molecule has 0 saturated carbocycles. The maximum absolute atomic E-state index is 11.6. The van der Waals surface area contributed by atoms with Crippen molar-refractivity contribution >= 4 is 45.9 Å². The van der Waals surface area contributed by atoms with Gasteiger partial charge in [0.2, 0.25) is 5.91 Å². The number of carbonyl (C=O) groups is 3. The summed E-state index contributed by atoms with van der Waals surface area (Å²) >= 11 is 2.29. The van der Waals surface area contributed by atoms with Crippen LogP contribution >= 0.6 is 23.1 Å². The van der Waals surface area contributed by atoms with E-state index in [0.717, 1.165) is 11.8 Å². The summed E-state index contributed by atoms with van der Waals surface area (Å²) in [6.07, 6.45) is 0. The number of carbonyl (C=O) groups excluding carboxylic acids is 2. The van der Waals surface area contributed by atoms with E-state index in [1.54, 1.807) is 5.38 Å². The van der Waals surface area contributed by atoms with Crippen LogP contribution in [0, 0.1) is 0 Å². The summed E-state index contributed by atoms with van der Waals surface area (Å²) in [5.41, 5.74) is 10.7. The summed E-state index contributed by atoms with van der Waals surface area (Å²) in [4.78, 5) is 33.1. The summed E-state index contributed by atoms with van der Waals surface area (Å²) in [7, 11) is 0. The number of carboxylic acid groups (broad SMARTS) is 1. The number of hydrogen-bond donors (Lipinski definition) is 4. The maximum Gasteiger partial charge on any atom is 0.321 e. The second-order valence-electron chi connectivity index (χ2n) is 3.54. The number of anilines is 1. The second kappa shape index (κ2) is 7.12. The van der Waals surface area contributed by atoms with Gasteiger partial charge in [0.05, 0.1) is 11.3 Å². The SMILES string of the molecule is NC(=O)c1ccsc1NC(=O)CSCC(N)C(=O)O. The molecule has 104 valence electrons. The van der Waals surface area contributed by atoms with Crippen LogP contribution in [0.5, 0.6) is 0 Å². The average molecular weight is 303 g/mol. The molecule has 9 heteroatoms. The molecular weight excluding hydrogens is 290 g/mol. The molecule has 0 aliphatic rings. The summed E-state index contributed by atoms with van der Waals surface area (Å²) < 4.78 is 0. The molecule has 1 aromatic heterocycles. The van der Waals surface area contributed by atoms with E-state index < -0.39 is 17.9 Å². The van der Waals surface area contributed by atoms with Crippen LogP contribution in [0.25, 0.3) is 0 Å². The number of nitrogens with two attached hydrogens (primary N) is 2. The number of hydrogen-bond acceptors (Lipinski definition) is 6. The molecule has 1 heterocycles. The van der Waals surface area contributed by atoms with Crippen LogP contribution < -0.4 is 16.8 Å². The third kappa shape index (κ3) is 4.89. The van der Waals surface area contributed by atoms with Gasteiger partial charge in [0.25, 0.3) is 5.91 Å². The van der Waals surface area contributed by atoms with Crippen molar-refractivity contribution in [1.29, 1.82) is 0 Å². The van der Waals surface area contributed by atoms with Gasteiger partial charge < -0.3 is 21.9 Å². The fourth-order valence-electron chi connectivity index (χ4n) is 1.11. The van der Waals surface area contributed by atoms with Crippen LogP contribution in [0.2, 0.25) is 0 Å². The normalized spacial score (nSPS) is 11.8. The lowest BCUT2D eigenvalue weighted by atomic mass is 10.3. The fourth-order valence-corrected chi connectivity index (χ4v) is 2.69. The Bertz CT molecular complexity index is 489. The third-order valence-electron chi connectivity index (χ3n) is 2.03. The van der Waals surface area contributed by atoms with Crippen LogP contribution in [0.15, 0.2) is 11.4 Å². The number of thioether (sulfide) groups is 1. The lowest BCUT2D eigenvalue weighted by Crippen LogP contribution is -2.33. The van der Waals surface area contributed by atoms with Crippen LogP contribution in [0.4, 0.5) is 5.00 Å². The molecule has 7 nitrogen and oxygen atoms in total. The molecule has 0 aromatic carbocycles. The van der Waals surface area contributed by atoms with E-state index in [-0.39, 0.29) is 23.0 Å². The van der Waals surface area contributed by atoms with Gasteiger partial charge >= 0.3 is 5.97 Å². The number of rotatable bonds is 7. The van der Waals surface area contributed by atoms with Gasteiger partial charge in [-0.2, -0.15) is 0 Å². The first-order chi connectivity index (χ1) is 8.91. The third-order valence-corrected chi connectivity index (χ3v) is 3.92. The lowest BCUT2D eigenvalue weighted by Gasteiger charge is -2.06. The Labute approximate surface area is 117 Å². The van der Waals surface area contributed by atoms with Gasteiger partial charge in [-0.3, -0.25) is 14.4 Å². The summed E-state index contributed by atoms with van der Waals surface area (Å²) in [6, 6.07) is 0.525. The van der Waals surface area contributed by atoms with Gasteiger partial charge in [-0.25, -0.2) is 0 Å². The van der Waals surface area contributed by atoms with Gasteiger partial charge in [0.1, 0.15) is 11.0 Å². The highest BCUT2D eigenvalue weighted by atomic mass is 32.2. The topological polar surface area (TPSA) is 136 Å². The molecule has 6 N–H and O–H groups in total. The zero-order valence-electron chi connectivity index (χ0n) is 9.79. The predicted molar refractivity (Wildman–Crippen MR) is 74.4 cm³/mol. The molecule has 1 atom stereocenters. The first-order valence-electron chi connectivity index (χ1n) is 5.15. The minimum Gasteiger partial charge on any atom is -0.480 e. The Kier molecular flexibility index (Phi) is 5.80. The summed E-state index contributed by atoms with van der Waals surface area (Å²) in [5, 5.41) is 13.1. The predicted octanol–water partition coefficient (Wildman–Crippen LogP) is -0.0694. The van der Waals surface area contributed by atoms with Crippen molar-refractivity contribution in [2.24, 2.45) is 11.5 Å². The Morgan fingerprint density at radius 3 is 2.74 bits per heavy atom. The zero-order chi connectivity index (χ0) is 14.4. The van der Waals surface area contributed by atoms with Gasteiger partial charge in [-0.15, -0.1) is 23.1 Å². The first kappa shape index (κ1) is 15.5. The van der Waals surface area contributed by atoms with E-state index in [0.29, 0.717) is 5.00 Å². The van der Waals surface area contributed by atoms with E-state index >= 15 is 0 Å². The van der Waals surface area contributed by atoms with Gasteiger partial charge in [-0.05, 0) is 11.4 Å². The Morgan fingerprint density at radius 1 is 1.47 bits per heavy atom. The zero-order valence-corrected chi connectivity index (χ0v) is 11.4. The molecule has 0 spiro atoms. The minimum absolute atomic E-state index is 0.0527. The van der Waals surface area contributed by atoms with Crippen LogP contribution in [0.1, 0.15) is 10.4 Å². The largest absolute Gasteiger partial charge is 0.480 e. The van der Waals surface area contributed by atoms with E-state index in [4.69, 9.17) is 16.6 Å². The highest BCUT2D eigenvalue weighted by molar-refractivity contribution is 8.00. The van der Waals surface area contributed by atoms with Gasteiger partial charge in [0.15, 0.2) is 0 Å². The molecular formula is C10H13N3O4S2. The van der Waals surface area contributed by atoms with Crippen LogP contribution in [-0.2, 0) is 9.59 Å². The van der Waals surface area contributed by atoms with E-state index in [9.17, 15) is 14.4 Å². The standard InChI is InChI=1S/C10H13N3O4S2/c11-6(10(16)17)3-18-4-7(14)13-9-5(8(12)15)1-2-19-9/h1-2,6H,3-4,11H2,(H2,12,15)(H,13,14)(H,16,17). The molecule has 1 rings (SSSR count). The number of thiophene rings is 1. The Morgan fingerprint density at radius 2 is 2.16 bits per heavy atom. The smallest absolute Gasteiger partial charge is 0.321 e. The van der Waals surface area contributed by atoms with Gasteiger partial charge in [-0.1, -0.05) is 0 Å². The number of nitrogens with one attached hydrogen (secondary N) is 1. The highest BCUT2D eigenvalue weighted by Crippen LogP contribution is 2.22. The molecule has 0 aliphatic carbocycles. The molecule has 0 radical (unpaired) electrons. The maximum atomic E-state index is 11.6. The lowest BCUT2D eigenvalue weighted by molar-refractivity contribution is -0.137. The monoisotopic (exact) mass is 303 g/mol. The fraction of sp³-hybridized carbons (Fsp3) is 0.300. The van der Waals surface area contributed by atoms with Crippen LogP contribution in [0.3, 0.4) is 0 Å². The molecule has 19 heavy (non-hydrogen) atoms. The molecule has 2 amide bonds. The molecule has 0 aliphatic heterocycles. The van der Waals surface area contributed by atoms with Crippen molar-refractivity contribution in [1.82, 2.24) is 0 Å². The van der Waals surface area contributed by atoms with Crippen LogP contribution in [-0.4, -0.2) is 40.4 Å². The first-order valence-corrected chi connectivity index (χ1v) is 7.18. The number of primary amides is 1.